The molecule has 220 valence electrons. The van der Waals surface area contributed by atoms with E-state index in [1.807, 2.05) is 0 Å². The van der Waals surface area contributed by atoms with Crippen molar-refractivity contribution in [2.75, 3.05) is 6.54 Å². The molecule has 0 amide bonds. The van der Waals surface area contributed by atoms with Gasteiger partial charge < -0.3 is 24.6 Å². The first-order chi connectivity index (χ1) is 18.2. The van der Waals surface area contributed by atoms with E-state index in [-0.39, 0.29) is 42.5 Å². The Morgan fingerprint density at radius 1 is 0.974 bits per heavy atom. The highest BCUT2D eigenvalue weighted by molar-refractivity contribution is 5.66. The molecule has 5 N–H and O–H groups in total. The molecule has 1 heterocycles. The Balaban J connectivity index is 1.68. The van der Waals surface area contributed by atoms with Crippen molar-refractivity contribution in [1.29, 1.82) is 0 Å². The maximum absolute atomic E-state index is 12.0. The van der Waals surface area contributed by atoms with Gasteiger partial charge in [0.25, 0.3) is 0 Å². The van der Waals surface area contributed by atoms with Crippen LogP contribution in [-0.4, -0.2) is 60.3 Å². The third-order valence-electron chi connectivity index (χ3n) is 9.12. The average Bonchev–Trinajstić information content (AvgIpc) is 3.36. The van der Waals surface area contributed by atoms with Crippen LogP contribution in [-0.2, 0) is 23.8 Å². The molecule has 2 saturated carbocycles. The summed E-state index contributed by atoms with van der Waals surface area (Å²) in [5.41, 5.74) is 6.33. The lowest BCUT2D eigenvalue weighted by molar-refractivity contribution is -0.699. The van der Waals surface area contributed by atoms with Gasteiger partial charge in [0.05, 0.1) is 24.9 Å². The molecule has 8 atom stereocenters. The molecule has 0 bridgehead atoms. The molecule has 3 rings (SSSR count). The molecular formula is C30H55N2O6+. The van der Waals surface area contributed by atoms with Gasteiger partial charge in [0.2, 0.25) is 0 Å². The standard InChI is InChI=1S/C30H54N2O6/c1-4-5-6-11-25(36-20(2)33)18-26(37-21(3)34)13-12-22-16-29(38-24-9-7-8-10-24)28(35)19-27(22)23-14-15-32-30(31)17-23/h22-30,32,35H,4-19,31H2,1-3H3/p+1/t22?,23?,25-,26+,27?,28?,29?,30?/m0/s1. The Hall–Kier alpha value is -1.22. The topological polar surface area (TPSA) is 125 Å². The van der Waals surface area contributed by atoms with Gasteiger partial charge in [-0.05, 0) is 75.5 Å². The second kappa shape index (κ2) is 16.1. The van der Waals surface area contributed by atoms with Crippen molar-refractivity contribution < 1.29 is 34.2 Å². The molecule has 0 aromatic rings. The fraction of sp³-hybridized carbons (Fsp3) is 0.933. The van der Waals surface area contributed by atoms with E-state index in [4.69, 9.17) is 19.9 Å². The second-order valence-electron chi connectivity index (χ2n) is 12.3. The largest absolute Gasteiger partial charge is 0.462 e. The quantitative estimate of drug-likeness (QED) is 0.228. The number of piperidine rings is 1. The van der Waals surface area contributed by atoms with Crippen LogP contribution in [0.4, 0.5) is 0 Å². The van der Waals surface area contributed by atoms with Crippen LogP contribution in [0.5, 0.6) is 0 Å². The molecule has 38 heavy (non-hydrogen) atoms. The van der Waals surface area contributed by atoms with Crippen LogP contribution in [0.1, 0.15) is 117 Å². The summed E-state index contributed by atoms with van der Waals surface area (Å²) in [6.07, 6.45) is 13.7. The molecule has 3 aliphatic rings. The number of carbonyl (C=O) groups is 2. The van der Waals surface area contributed by atoms with Crippen molar-refractivity contribution in [1.82, 2.24) is 0 Å². The van der Waals surface area contributed by atoms with E-state index < -0.39 is 6.10 Å². The highest BCUT2D eigenvalue weighted by Gasteiger charge is 2.43. The zero-order valence-corrected chi connectivity index (χ0v) is 24.2. The van der Waals surface area contributed by atoms with Crippen LogP contribution in [0.2, 0.25) is 0 Å². The Bertz CT molecular complexity index is 715. The number of ether oxygens (including phenoxy) is 3. The molecule has 0 spiro atoms. The van der Waals surface area contributed by atoms with Crippen molar-refractivity contribution in [2.24, 2.45) is 23.5 Å². The number of nitrogens with two attached hydrogens (primary N) is 2. The Morgan fingerprint density at radius 2 is 1.66 bits per heavy atom. The fourth-order valence-electron chi connectivity index (χ4n) is 7.29. The number of hydrogen-bond donors (Lipinski definition) is 3. The first kappa shape index (κ1) is 31.3. The van der Waals surface area contributed by atoms with E-state index in [2.05, 4.69) is 12.2 Å². The number of esters is 2. The Kier molecular flexibility index (Phi) is 13.3. The molecule has 0 aromatic carbocycles. The number of hydrogen-bond acceptors (Lipinski definition) is 7. The first-order valence-electron chi connectivity index (χ1n) is 15.5. The van der Waals surface area contributed by atoms with Gasteiger partial charge in [0, 0.05) is 26.7 Å². The van der Waals surface area contributed by atoms with Gasteiger partial charge in [0.1, 0.15) is 18.4 Å². The Morgan fingerprint density at radius 3 is 2.29 bits per heavy atom. The third kappa shape index (κ3) is 10.4. The SMILES string of the molecule is CCCCC[C@@H](C[C@@H](CCC1CC(OC2CCCC2)C(O)CC1C1CC[NH2+]C(N)C1)OC(C)=O)OC(C)=O. The summed E-state index contributed by atoms with van der Waals surface area (Å²) in [4.78, 5) is 23.8. The maximum Gasteiger partial charge on any atom is 0.302 e. The molecule has 6 unspecified atom stereocenters. The van der Waals surface area contributed by atoms with Crippen molar-refractivity contribution >= 4 is 11.9 Å². The summed E-state index contributed by atoms with van der Waals surface area (Å²) in [6.45, 7) is 6.09. The van der Waals surface area contributed by atoms with Gasteiger partial charge in [0.15, 0.2) is 0 Å². The molecule has 1 saturated heterocycles. The summed E-state index contributed by atoms with van der Waals surface area (Å²) in [6, 6.07) is 0. The van der Waals surface area contributed by atoms with Crippen LogP contribution in [0.25, 0.3) is 0 Å². The van der Waals surface area contributed by atoms with Gasteiger partial charge in [-0.15, -0.1) is 0 Å². The van der Waals surface area contributed by atoms with Crippen molar-refractivity contribution in [3.8, 4) is 0 Å². The zero-order valence-electron chi connectivity index (χ0n) is 24.2. The summed E-state index contributed by atoms with van der Waals surface area (Å²) < 4.78 is 17.9. The predicted molar refractivity (Wildman–Crippen MR) is 146 cm³/mol. The van der Waals surface area contributed by atoms with Crippen LogP contribution in [0, 0.1) is 17.8 Å². The monoisotopic (exact) mass is 539 g/mol. The Labute approximate surface area is 230 Å². The van der Waals surface area contributed by atoms with E-state index in [0.717, 1.165) is 83.6 Å². The van der Waals surface area contributed by atoms with Gasteiger partial charge in [-0.1, -0.05) is 32.6 Å². The van der Waals surface area contributed by atoms with Crippen LogP contribution in [0.15, 0.2) is 0 Å². The lowest BCUT2D eigenvalue weighted by Gasteiger charge is -2.45. The van der Waals surface area contributed by atoms with E-state index in [9.17, 15) is 14.7 Å². The minimum atomic E-state index is -0.435. The summed E-state index contributed by atoms with van der Waals surface area (Å²) in [7, 11) is 0. The minimum Gasteiger partial charge on any atom is -0.462 e. The highest BCUT2D eigenvalue weighted by atomic mass is 16.6. The molecule has 8 nitrogen and oxygen atoms in total. The minimum absolute atomic E-state index is 0.125. The summed E-state index contributed by atoms with van der Waals surface area (Å²) >= 11 is 0. The smallest absolute Gasteiger partial charge is 0.302 e. The molecule has 1 aliphatic heterocycles. The van der Waals surface area contributed by atoms with Gasteiger partial charge in [-0.2, -0.15) is 0 Å². The lowest BCUT2D eigenvalue weighted by atomic mass is 9.66. The number of aliphatic hydroxyl groups is 1. The number of quaternary nitrogens is 1. The lowest BCUT2D eigenvalue weighted by Crippen LogP contribution is -2.94. The third-order valence-corrected chi connectivity index (χ3v) is 9.12. The number of carbonyl (C=O) groups excluding carboxylic acids is 2. The summed E-state index contributed by atoms with van der Waals surface area (Å²) in [5.74, 6) is 0.686. The zero-order chi connectivity index (χ0) is 27.5. The molecular weight excluding hydrogens is 484 g/mol. The number of unbranched alkanes of at least 4 members (excludes halogenated alkanes) is 2. The second-order valence-corrected chi connectivity index (χ2v) is 12.3. The molecule has 3 fully saturated rings. The van der Waals surface area contributed by atoms with Crippen molar-refractivity contribution in [2.45, 2.75) is 154 Å². The van der Waals surface area contributed by atoms with Crippen LogP contribution < -0.4 is 11.1 Å². The number of aliphatic hydroxyl groups excluding tert-OH is 1. The van der Waals surface area contributed by atoms with Gasteiger partial charge in [-0.3, -0.25) is 15.3 Å². The number of rotatable bonds is 14. The summed E-state index contributed by atoms with van der Waals surface area (Å²) in [5, 5.41) is 13.4. The van der Waals surface area contributed by atoms with E-state index >= 15 is 0 Å². The highest BCUT2D eigenvalue weighted by Crippen LogP contribution is 2.43. The fourth-order valence-corrected chi connectivity index (χ4v) is 7.29. The van der Waals surface area contributed by atoms with Crippen molar-refractivity contribution in [3.05, 3.63) is 0 Å². The van der Waals surface area contributed by atoms with Crippen LogP contribution >= 0.6 is 0 Å². The predicted octanol–water partition coefficient (Wildman–Crippen LogP) is 3.57. The van der Waals surface area contributed by atoms with E-state index in [0.29, 0.717) is 24.2 Å². The van der Waals surface area contributed by atoms with E-state index in [1.165, 1.54) is 26.7 Å². The average molecular weight is 540 g/mol. The molecule has 8 heteroatoms. The van der Waals surface area contributed by atoms with Crippen LogP contribution in [0.3, 0.4) is 0 Å². The molecule has 0 aromatic heterocycles. The first-order valence-corrected chi connectivity index (χ1v) is 15.5. The van der Waals surface area contributed by atoms with Crippen molar-refractivity contribution in [3.63, 3.8) is 0 Å². The molecule has 2 aliphatic carbocycles. The molecule has 0 radical (unpaired) electrons. The van der Waals surface area contributed by atoms with Gasteiger partial charge >= 0.3 is 11.9 Å². The normalized spacial score (nSPS) is 32.0. The van der Waals surface area contributed by atoms with E-state index in [1.54, 1.807) is 0 Å². The maximum atomic E-state index is 12.0. The van der Waals surface area contributed by atoms with Gasteiger partial charge in [-0.25, -0.2) is 0 Å².